The summed E-state index contributed by atoms with van der Waals surface area (Å²) in [5.74, 6) is -24.6. The summed E-state index contributed by atoms with van der Waals surface area (Å²) in [5, 5.41) is 89.7. The van der Waals surface area contributed by atoms with Gasteiger partial charge in [0.15, 0.2) is 5.96 Å². The number of aliphatic imine (C=N–C) groups is 1. The van der Waals surface area contributed by atoms with Crippen molar-refractivity contribution in [3.8, 4) is 0 Å². The van der Waals surface area contributed by atoms with E-state index in [0.29, 0.717) is 24.8 Å². The number of carbonyl (C=O) groups excluding carboxylic acids is 17. The van der Waals surface area contributed by atoms with Gasteiger partial charge in [0.25, 0.3) is 0 Å². The molecule has 130 heavy (non-hydrogen) atoms. The highest BCUT2D eigenvalue weighted by Crippen LogP contribution is 2.16. The van der Waals surface area contributed by atoms with Gasteiger partial charge in [-0.1, -0.05) is 85.7 Å². The molecule has 0 aromatic heterocycles. The number of guanidine groups is 1. The molecule has 0 fully saturated rings. The van der Waals surface area contributed by atoms with Crippen LogP contribution >= 0.6 is 0 Å². The number of carbonyl (C=O) groups is 20. The highest BCUT2D eigenvalue weighted by Gasteiger charge is 2.41. The molecule has 48 nitrogen and oxygen atoms in total. The van der Waals surface area contributed by atoms with Gasteiger partial charge in [-0.15, -0.1) is 0 Å². The van der Waals surface area contributed by atoms with E-state index in [0.717, 1.165) is 13.8 Å². The van der Waals surface area contributed by atoms with Gasteiger partial charge in [-0.3, -0.25) is 101 Å². The number of unbranched alkanes of at least 4 members (excludes halogenated alkanes) is 2. The smallest absolute Gasteiger partial charge is 0.325 e. The highest BCUT2D eigenvalue weighted by atomic mass is 16.4. The minimum Gasteiger partial charge on any atom is -0.481 e. The Morgan fingerprint density at radius 2 is 0.715 bits per heavy atom. The molecule has 0 aliphatic heterocycles. The van der Waals surface area contributed by atoms with Gasteiger partial charge in [-0.05, 0) is 154 Å². The third kappa shape index (κ3) is 45.1. The van der Waals surface area contributed by atoms with Crippen LogP contribution in [-0.2, 0) is 102 Å². The number of benzene rings is 1. The third-order valence-corrected chi connectivity index (χ3v) is 20.0. The Morgan fingerprint density at radius 1 is 0.354 bits per heavy atom. The van der Waals surface area contributed by atoms with Crippen LogP contribution in [0.25, 0.3) is 0 Å². The number of rotatable bonds is 63. The predicted molar refractivity (Wildman–Crippen MR) is 470 cm³/mol. The van der Waals surface area contributed by atoms with Gasteiger partial charge in [0, 0.05) is 25.8 Å². The molecule has 17 amide bonds. The molecule has 1 rings (SSSR count). The summed E-state index contributed by atoms with van der Waals surface area (Å²) in [4.78, 5) is 275. The van der Waals surface area contributed by atoms with Crippen LogP contribution in [0.1, 0.15) is 192 Å². The molecule has 0 heterocycles. The number of aliphatic hydroxyl groups excluding tert-OH is 2. The van der Waals surface area contributed by atoms with E-state index in [4.69, 9.17) is 39.5 Å². The zero-order chi connectivity index (χ0) is 99.1. The van der Waals surface area contributed by atoms with Gasteiger partial charge in [0.2, 0.25) is 100 Å². The van der Waals surface area contributed by atoms with Gasteiger partial charge in [0.05, 0.1) is 31.2 Å². The summed E-state index contributed by atoms with van der Waals surface area (Å²) >= 11 is 0. The number of primary amides is 1. The van der Waals surface area contributed by atoms with Gasteiger partial charge in [-0.25, -0.2) is 0 Å². The molecule has 0 aliphatic carbocycles. The normalized spacial score (nSPS) is 15.4. The van der Waals surface area contributed by atoms with Crippen LogP contribution in [0.3, 0.4) is 0 Å². The lowest BCUT2D eigenvalue weighted by molar-refractivity contribution is -0.142. The minimum absolute atomic E-state index is 0.0120. The number of aliphatic hydroxyl groups is 2. The van der Waals surface area contributed by atoms with Crippen LogP contribution in [0.15, 0.2) is 35.3 Å². The van der Waals surface area contributed by atoms with Crippen LogP contribution in [0.2, 0.25) is 0 Å². The quantitative estimate of drug-likeness (QED) is 0.0164. The molecule has 0 aliphatic rings. The topological polar surface area (TPSA) is 804 Å². The fraction of sp³-hybridized carbons (Fsp3) is 0.671. The number of carboxylic acids is 3. The van der Waals surface area contributed by atoms with Gasteiger partial charge in [-0.2, -0.15) is 0 Å². The minimum atomic E-state index is -2.02. The van der Waals surface area contributed by atoms with Crippen LogP contribution in [0, 0.1) is 23.7 Å². The first kappa shape index (κ1) is 116. The molecule has 1 aromatic carbocycles. The Balaban J connectivity index is 3.67. The Bertz CT molecular complexity index is 4000. The van der Waals surface area contributed by atoms with Crippen molar-refractivity contribution in [1.82, 2.24) is 85.1 Å². The van der Waals surface area contributed by atoms with Crippen molar-refractivity contribution in [2.75, 3.05) is 26.2 Å². The Labute approximate surface area is 754 Å². The lowest BCUT2D eigenvalue weighted by Gasteiger charge is -2.30. The second kappa shape index (κ2) is 59.7. The fourth-order valence-corrected chi connectivity index (χ4v) is 12.6. The largest absolute Gasteiger partial charge is 0.481 e. The van der Waals surface area contributed by atoms with Crippen LogP contribution in [-0.4, -0.2) is 285 Å². The molecule has 1 aromatic rings. The van der Waals surface area contributed by atoms with Crippen molar-refractivity contribution in [3.05, 3.63) is 35.9 Å². The van der Waals surface area contributed by atoms with E-state index in [1.807, 2.05) is 0 Å². The molecule has 18 atom stereocenters. The molecule has 0 bridgehead atoms. The van der Waals surface area contributed by atoms with E-state index < -0.39 is 284 Å². The molecule has 33 N–H and O–H groups in total. The number of nitrogens with zero attached hydrogens (tertiary/aromatic N) is 1. The summed E-state index contributed by atoms with van der Waals surface area (Å²) in [6.45, 7) is 18.4. The maximum Gasteiger partial charge on any atom is 0.325 e. The van der Waals surface area contributed by atoms with E-state index in [9.17, 15) is 116 Å². The van der Waals surface area contributed by atoms with E-state index in [1.54, 1.807) is 58.0 Å². The van der Waals surface area contributed by atoms with Gasteiger partial charge >= 0.3 is 17.9 Å². The first-order valence-electron chi connectivity index (χ1n) is 43.1. The van der Waals surface area contributed by atoms with Crippen molar-refractivity contribution in [2.24, 2.45) is 63.1 Å². The SMILES string of the molecule is CC(C)C[C@H](NC(=O)[C@H](C)NC(=O)[C@@H](N)CCCN=C(N)N)C(=O)N[C@H](C(=O)N[C@@H](CC(=O)O)C(=O)N[C@H](C(=O)N[C@@H](CC(C)C)C(=O)N[C@@H](CCCCN)C(=O)N[C@@H](Cc1ccccc1)C(=O)N[C@H](C(=O)N[C@H](C(=O)N[C@@H](CCC(=O)O)C(=O)N[C@@H](CCC(N)=O)C(=O)N[C@@H](C)C(=O)N[C@@H](CCCCN)C(=O)NCC(=O)N[C@@H](C)C(=O)O)[C@@H](C)O)C(C)C)[C@@H](C)O)C(C)C. The summed E-state index contributed by atoms with van der Waals surface area (Å²) < 4.78 is 0. The summed E-state index contributed by atoms with van der Waals surface area (Å²) in [6, 6.07) is -17.3. The summed E-state index contributed by atoms with van der Waals surface area (Å²) in [5.41, 5.74) is 34.0. The van der Waals surface area contributed by atoms with Crippen molar-refractivity contribution in [3.63, 3.8) is 0 Å². The molecule has 0 saturated carbocycles. The van der Waals surface area contributed by atoms with Crippen LogP contribution in [0.5, 0.6) is 0 Å². The Hall–Kier alpha value is -12.3. The molecule has 0 spiro atoms. The Morgan fingerprint density at radius 3 is 1.15 bits per heavy atom. The molecule has 0 radical (unpaired) electrons. The molecule has 48 heteroatoms. The zero-order valence-corrected chi connectivity index (χ0v) is 76.0. The third-order valence-electron chi connectivity index (χ3n) is 20.0. The number of nitrogens with one attached hydrogen (secondary N) is 16. The Kier molecular flexibility index (Phi) is 53.2. The van der Waals surface area contributed by atoms with E-state index >= 15 is 0 Å². The first-order valence-corrected chi connectivity index (χ1v) is 43.1. The van der Waals surface area contributed by atoms with Crippen molar-refractivity contribution < 1.29 is 121 Å². The van der Waals surface area contributed by atoms with Crippen LogP contribution < -0.4 is 119 Å². The van der Waals surface area contributed by atoms with E-state index in [-0.39, 0.29) is 82.9 Å². The first-order chi connectivity index (χ1) is 60.7. The van der Waals surface area contributed by atoms with Crippen LogP contribution in [0.4, 0.5) is 0 Å². The second-order valence-electron chi connectivity index (χ2n) is 33.3. The van der Waals surface area contributed by atoms with Gasteiger partial charge < -0.3 is 145 Å². The summed E-state index contributed by atoms with van der Waals surface area (Å²) in [7, 11) is 0. The fourth-order valence-electron chi connectivity index (χ4n) is 12.6. The van der Waals surface area contributed by atoms with E-state index in [2.05, 4.69) is 90.1 Å². The molecule has 0 saturated heterocycles. The van der Waals surface area contributed by atoms with Crippen molar-refractivity contribution in [1.29, 1.82) is 0 Å². The van der Waals surface area contributed by atoms with Crippen molar-refractivity contribution in [2.45, 2.75) is 302 Å². The van der Waals surface area contributed by atoms with E-state index in [1.165, 1.54) is 48.5 Å². The lowest BCUT2D eigenvalue weighted by Crippen LogP contribution is -2.63. The lowest BCUT2D eigenvalue weighted by atomic mass is 9.99. The molecule has 732 valence electrons. The second-order valence-corrected chi connectivity index (χ2v) is 33.3. The number of aliphatic carboxylic acids is 3. The summed E-state index contributed by atoms with van der Waals surface area (Å²) in [6.07, 6.45) is -6.46. The van der Waals surface area contributed by atoms with Gasteiger partial charge in [0.1, 0.15) is 90.6 Å². The maximum atomic E-state index is 14.8. The zero-order valence-electron chi connectivity index (χ0n) is 76.0. The number of hydrogen-bond donors (Lipinski definition) is 27. The standard InChI is InChI=1S/C82H139N23O25/c1-39(2)34-54(100-80(128)64(46(12)106)104-76(124)57(37-61(112)113)101-77(125)62(41(5)6)102-74(122)55(35-40(3)4)98-67(115)43(9)92-68(116)49(85)24-21-33-89-82(87)88)73(121)95-51(26-18-20-32-84)71(119)99-56(36-48-22-15-14-16-23-48)75(123)103-63(42(7)8)78(126)105-65(47(13)107)79(127)97-53(28-30-60(110)111)72(120)96-52(27-29-58(86)108)70(118)93-44(10)66(114)94-50(25-17-19-31-83)69(117)90-38-59(109)91-45(11)81(129)130/h14-16,22-23,39-47,49-57,62-65,106-107H,17-21,24-38,83-85H2,1-13H3,(H2,86,108)(H,90,117)(H,91,109)(H,92,116)(H,93,118)(H,94,114)(H,95,121)(H,96,120)(H,97,127)(H,98,115)(H,99,119)(H,100,128)(H,101,125)(H,102,122)(H,103,123)(H,104,124)(H,105,126)(H,110,111)(H,112,113)(H,129,130)(H4,87,88,89)/t43-,44-,45-,46+,47+,49-,50-,51-,52-,53-,54-,55-,56-,57-,62-,63-,64-,65-/m0/s1. The number of carboxylic acid groups (broad SMARTS) is 3. The average Bonchev–Trinajstić information content (AvgIpc) is 0.834. The predicted octanol–water partition coefficient (Wildman–Crippen LogP) is -7.83. The highest BCUT2D eigenvalue weighted by molar-refractivity contribution is 6.02. The maximum absolute atomic E-state index is 14.8. The number of hydrogen-bond acceptors (Lipinski definition) is 26. The molecule has 0 unspecified atom stereocenters. The van der Waals surface area contributed by atoms with Crippen molar-refractivity contribution >= 4 is 124 Å². The average molecular weight is 1850 g/mol. The number of nitrogens with two attached hydrogens (primary N) is 6. The molecular weight excluding hydrogens is 1710 g/mol. The number of amides is 17. The molecular formula is C82H139N23O25. The monoisotopic (exact) mass is 1850 g/mol.